The third kappa shape index (κ3) is 3.59. The van der Waals surface area contributed by atoms with Gasteiger partial charge in [0, 0.05) is 25.3 Å². The monoisotopic (exact) mass is 271 g/mol. The van der Waals surface area contributed by atoms with Crippen molar-refractivity contribution in [3.8, 4) is 5.75 Å². The molecule has 1 unspecified atom stereocenters. The molecule has 0 saturated carbocycles. The highest BCUT2D eigenvalue weighted by molar-refractivity contribution is 5.34. The van der Waals surface area contributed by atoms with Crippen LogP contribution in [0.15, 0.2) is 48.5 Å². The highest BCUT2D eigenvalue weighted by Crippen LogP contribution is 2.23. The van der Waals surface area contributed by atoms with Crippen molar-refractivity contribution >= 4 is 0 Å². The lowest BCUT2D eigenvalue weighted by Crippen LogP contribution is -2.19. The van der Waals surface area contributed by atoms with Gasteiger partial charge < -0.3 is 15.2 Å². The lowest BCUT2D eigenvalue weighted by atomic mass is 10.1. The number of para-hydroxylation sites is 1. The van der Waals surface area contributed by atoms with Crippen LogP contribution in [0.25, 0.3) is 0 Å². The first kappa shape index (κ1) is 14.6. The van der Waals surface area contributed by atoms with Gasteiger partial charge in [-0.2, -0.15) is 0 Å². The number of nitrogens with one attached hydrogen (secondary N) is 1. The van der Waals surface area contributed by atoms with Crippen molar-refractivity contribution in [2.45, 2.75) is 26.1 Å². The molecular weight excluding hydrogens is 250 g/mol. The van der Waals surface area contributed by atoms with Gasteiger partial charge in [-0.1, -0.05) is 42.5 Å². The first-order valence-corrected chi connectivity index (χ1v) is 6.79. The number of methoxy groups -OCH3 is 1. The minimum Gasteiger partial charge on any atom is -0.508 e. The van der Waals surface area contributed by atoms with Gasteiger partial charge in [0.05, 0.1) is 6.61 Å². The second-order valence-electron chi connectivity index (χ2n) is 4.86. The minimum atomic E-state index is 0.0896. The quantitative estimate of drug-likeness (QED) is 0.846. The zero-order valence-electron chi connectivity index (χ0n) is 12.0. The van der Waals surface area contributed by atoms with Crippen LogP contribution < -0.4 is 5.32 Å². The summed E-state index contributed by atoms with van der Waals surface area (Å²) in [5.74, 6) is 0.331. The molecule has 0 amide bonds. The number of rotatable bonds is 6. The average molecular weight is 271 g/mol. The number of hydrogen-bond acceptors (Lipinski definition) is 3. The van der Waals surface area contributed by atoms with Crippen molar-refractivity contribution in [2.75, 3.05) is 7.11 Å². The number of hydrogen-bond donors (Lipinski definition) is 2. The van der Waals surface area contributed by atoms with Crippen LogP contribution in [-0.2, 0) is 17.9 Å². The van der Waals surface area contributed by atoms with Gasteiger partial charge in [0.15, 0.2) is 0 Å². The summed E-state index contributed by atoms with van der Waals surface area (Å²) in [6.07, 6.45) is 0. The molecule has 0 heterocycles. The molecule has 2 aromatic rings. The summed E-state index contributed by atoms with van der Waals surface area (Å²) in [7, 11) is 1.70. The van der Waals surface area contributed by atoms with Crippen LogP contribution in [0.4, 0.5) is 0 Å². The van der Waals surface area contributed by atoms with E-state index in [-0.39, 0.29) is 6.04 Å². The molecule has 0 aromatic heterocycles. The Labute approximate surface area is 120 Å². The van der Waals surface area contributed by atoms with E-state index in [0.717, 1.165) is 12.1 Å². The average Bonchev–Trinajstić information content (AvgIpc) is 2.47. The third-order valence-electron chi connectivity index (χ3n) is 3.42. The number of phenolic OH excluding ortho intramolecular Hbond substituents is 1. The molecule has 0 aliphatic heterocycles. The van der Waals surface area contributed by atoms with E-state index in [2.05, 4.69) is 17.4 Å². The van der Waals surface area contributed by atoms with Crippen molar-refractivity contribution in [2.24, 2.45) is 0 Å². The van der Waals surface area contributed by atoms with Crippen molar-refractivity contribution in [1.82, 2.24) is 5.32 Å². The molecule has 0 spiro atoms. The maximum Gasteiger partial charge on any atom is 0.120 e. The minimum absolute atomic E-state index is 0.0896. The van der Waals surface area contributed by atoms with Gasteiger partial charge in [-0.3, -0.25) is 0 Å². The summed E-state index contributed by atoms with van der Waals surface area (Å²) in [5.41, 5.74) is 3.32. The maximum atomic E-state index is 9.86. The lowest BCUT2D eigenvalue weighted by molar-refractivity contribution is 0.184. The molecule has 0 saturated heterocycles. The summed E-state index contributed by atoms with van der Waals surface area (Å²) < 4.78 is 5.21. The summed E-state index contributed by atoms with van der Waals surface area (Å²) in [6.45, 7) is 3.41. The number of phenols is 1. The maximum absolute atomic E-state index is 9.86. The van der Waals surface area contributed by atoms with E-state index in [1.54, 1.807) is 13.2 Å². The van der Waals surface area contributed by atoms with Gasteiger partial charge in [0.1, 0.15) is 5.75 Å². The van der Waals surface area contributed by atoms with E-state index >= 15 is 0 Å². The Morgan fingerprint density at radius 2 is 1.70 bits per heavy atom. The first-order valence-electron chi connectivity index (χ1n) is 6.79. The lowest BCUT2D eigenvalue weighted by Gasteiger charge is -2.17. The normalized spacial score (nSPS) is 12.3. The summed E-state index contributed by atoms with van der Waals surface area (Å²) >= 11 is 0. The molecular formula is C17H21NO2. The Morgan fingerprint density at radius 1 is 1.05 bits per heavy atom. The zero-order valence-corrected chi connectivity index (χ0v) is 12.0. The Bertz CT molecular complexity index is 554. The smallest absolute Gasteiger partial charge is 0.120 e. The van der Waals surface area contributed by atoms with E-state index in [9.17, 15) is 5.11 Å². The van der Waals surface area contributed by atoms with Gasteiger partial charge in [0.25, 0.3) is 0 Å². The molecule has 3 nitrogen and oxygen atoms in total. The van der Waals surface area contributed by atoms with Gasteiger partial charge in [0.2, 0.25) is 0 Å². The molecule has 0 aliphatic carbocycles. The predicted octanol–water partition coefficient (Wildman–Crippen LogP) is 3.39. The van der Waals surface area contributed by atoms with Crippen LogP contribution in [0.3, 0.4) is 0 Å². The SMILES string of the molecule is COCc1ccccc1CNC(C)c1ccccc1O. The molecule has 2 N–H and O–H groups in total. The van der Waals surface area contributed by atoms with Crippen molar-refractivity contribution in [3.05, 3.63) is 65.2 Å². The highest BCUT2D eigenvalue weighted by atomic mass is 16.5. The van der Waals surface area contributed by atoms with Crippen molar-refractivity contribution in [3.63, 3.8) is 0 Å². The predicted molar refractivity (Wildman–Crippen MR) is 80.5 cm³/mol. The van der Waals surface area contributed by atoms with Crippen LogP contribution in [0.2, 0.25) is 0 Å². The second-order valence-corrected chi connectivity index (χ2v) is 4.86. The number of aromatic hydroxyl groups is 1. The third-order valence-corrected chi connectivity index (χ3v) is 3.42. The Balaban J connectivity index is 2.04. The van der Waals surface area contributed by atoms with E-state index in [1.165, 1.54) is 11.1 Å². The van der Waals surface area contributed by atoms with Gasteiger partial charge in [-0.05, 0) is 24.1 Å². The number of benzene rings is 2. The van der Waals surface area contributed by atoms with E-state index in [1.807, 2.05) is 37.3 Å². The summed E-state index contributed by atoms with van der Waals surface area (Å²) in [4.78, 5) is 0. The molecule has 1 atom stereocenters. The van der Waals surface area contributed by atoms with Crippen LogP contribution in [-0.4, -0.2) is 12.2 Å². The van der Waals surface area contributed by atoms with Gasteiger partial charge >= 0.3 is 0 Å². The molecule has 0 radical (unpaired) electrons. The largest absolute Gasteiger partial charge is 0.508 e. The molecule has 0 fully saturated rings. The standard InChI is InChI=1S/C17H21NO2/c1-13(16-9-5-6-10-17(16)19)18-11-14-7-3-4-8-15(14)12-20-2/h3-10,13,18-19H,11-12H2,1-2H3. The Hall–Kier alpha value is -1.84. The molecule has 0 aliphatic rings. The van der Waals surface area contributed by atoms with Crippen molar-refractivity contribution in [1.29, 1.82) is 0 Å². The van der Waals surface area contributed by atoms with Crippen molar-refractivity contribution < 1.29 is 9.84 Å². The summed E-state index contributed by atoms with van der Waals surface area (Å²) in [5, 5.41) is 13.3. The first-order chi connectivity index (χ1) is 9.72. The molecule has 3 heteroatoms. The van der Waals surface area contributed by atoms with E-state index in [4.69, 9.17) is 4.74 Å². The molecule has 2 rings (SSSR count). The van der Waals surface area contributed by atoms with Gasteiger partial charge in [-0.25, -0.2) is 0 Å². The van der Waals surface area contributed by atoms with E-state index in [0.29, 0.717) is 12.4 Å². The molecule has 2 aromatic carbocycles. The molecule has 106 valence electrons. The highest BCUT2D eigenvalue weighted by Gasteiger charge is 2.10. The zero-order chi connectivity index (χ0) is 14.4. The fourth-order valence-corrected chi connectivity index (χ4v) is 2.25. The number of ether oxygens (including phenoxy) is 1. The molecule has 20 heavy (non-hydrogen) atoms. The van der Waals surface area contributed by atoms with Crippen LogP contribution in [0.1, 0.15) is 29.7 Å². The molecule has 0 bridgehead atoms. The van der Waals surface area contributed by atoms with E-state index < -0.39 is 0 Å². The topological polar surface area (TPSA) is 41.5 Å². The summed E-state index contributed by atoms with van der Waals surface area (Å²) in [6, 6.07) is 15.7. The van der Waals surface area contributed by atoms with Crippen LogP contribution in [0, 0.1) is 0 Å². The fraction of sp³-hybridized carbons (Fsp3) is 0.294. The Kier molecular flexibility index (Phi) is 5.16. The fourth-order valence-electron chi connectivity index (χ4n) is 2.25. The Morgan fingerprint density at radius 3 is 2.40 bits per heavy atom. The van der Waals surface area contributed by atoms with Gasteiger partial charge in [-0.15, -0.1) is 0 Å². The van der Waals surface area contributed by atoms with Crippen LogP contribution >= 0.6 is 0 Å². The van der Waals surface area contributed by atoms with Crippen LogP contribution in [0.5, 0.6) is 5.75 Å². The second kappa shape index (κ2) is 7.08.